The summed E-state index contributed by atoms with van der Waals surface area (Å²) in [5.74, 6) is 1.42. The molecular weight excluding hydrogens is 390 g/mol. The highest BCUT2D eigenvalue weighted by Gasteiger charge is 2.15. The highest BCUT2D eigenvalue weighted by Crippen LogP contribution is 2.31. The van der Waals surface area contributed by atoms with Crippen LogP contribution in [0.4, 0.5) is 0 Å². The molecule has 0 saturated carbocycles. The summed E-state index contributed by atoms with van der Waals surface area (Å²) in [5.41, 5.74) is 2.88. The Morgan fingerprint density at radius 2 is 1.76 bits per heavy atom. The molecular formula is C22H24ClN3O3. The Kier molecular flexibility index (Phi) is 6.34. The van der Waals surface area contributed by atoms with E-state index in [0.717, 1.165) is 55.4 Å². The van der Waals surface area contributed by atoms with Gasteiger partial charge in [0.05, 0.1) is 31.6 Å². The quantitative estimate of drug-likeness (QED) is 0.587. The van der Waals surface area contributed by atoms with Gasteiger partial charge in [0.2, 0.25) is 5.88 Å². The zero-order valence-electron chi connectivity index (χ0n) is 16.4. The average Bonchev–Trinajstić information content (AvgIpc) is 3.19. The fraction of sp³-hybridized carbons (Fsp3) is 0.318. The Labute approximate surface area is 175 Å². The molecule has 29 heavy (non-hydrogen) atoms. The molecule has 2 heterocycles. The third-order valence-electron chi connectivity index (χ3n) is 4.92. The van der Waals surface area contributed by atoms with Crippen molar-refractivity contribution in [1.82, 2.24) is 14.7 Å². The van der Waals surface area contributed by atoms with Gasteiger partial charge in [-0.2, -0.15) is 0 Å². The third kappa shape index (κ3) is 4.90. The molecule has 0 bridgehead atoms. The molecule has 0 aliphatic carbocycles. The predicted octanol–water partition coefficient (Wildman–Crippen LogP) is 3.91. The minimum absolute atomic E-state index is 0.570. The van der Waals surface area contributed by atoms with Crippen molar-refractivity contribution in [3.05, 3.63) is 59.8 Å². The normalized spacial score (nSPS) is 14.7. The van der Waals surface area contributed by atoms with Crippen LogP contribution < -0.4 is 9.47 Å². The van der Waals surface area contributed by atoms with Gasteiger partial charge in [0, 0.05) is 30.9 Å². The molecule has 1 aromatic heterocycles. The molecule has 1 fully saturated rings. The van der Waals surface area contributed by atoms with Gasteiger partial charge in [-0.3, -0.25) is 4.90 Å². The number of methoxy groups -OCH3 is 1. The Hall–Kier alpha value is -2.54. The molecule has 0 radical (unpaired) electrons. The molecule has 7 heteroatoms. The van der Waals surface area contributed by atoms with Gasteiger partial charge in [0.1, 0.15) is 12.4 Å². The van der Waals surface area contributed by atoms with Crippen molar-refractivity contribution < 1.29 is 14.2 Å². The molecule has 1 aliphatic heterocycles. The maximum atomic E-state index is 6.11. The largest absolute Gasteiger partial charge is 0.497 e. The summed E-state index contributed by atoms with van der Waals surface area (Å²) < 4.78 is 18.6. The van der Waals surface area contributed by atoms with Crippen LogP contribution in [0.25, 0.3) is 16.8 Å². The molecule has 0 atom stereocenters. The summed E-state index contributed by atoms with van der Waals surface area (Å²) in [5, 5.41) is 5.38. The van der Waals surface area contributed by atoms with Gasteiger partial charge in [-0.1, -0.05) is 23.7 Å². The molecule has 0 spiro atoms. The molecule has 1 saturated heterocycles. The minimum atomic E-state index is 0.570. The lowest BCUT2D eigenvalue weighted by Crippen LogP contribution is -2.38. The van der Waals surface area contributed by atoms with Crippen LogP contribution in [0.1, 0.15) is 0 Å². The minimum Gasteiger partial charge on any atom is -0.497 e. The standard InChI is InChI=1S/C22H24ClN3O3/c1-27-20-8-2-17(3-9-20)21-16-26(19-6-4-18(23)5-7-19)24-22(21)29-15-12-25-10-13-28-14-11-25/h2-9,16H,10-15H2,1H3. The summed E-state index contributed by atoms with van der Waals surface area (Å²) in [6.07, 6.45) is 1.98. The second-order valence-corrected chi connectivity index (χ2v) is 7.24. The van der Waals surface area contributed by atoms with Gasteiger partial charge in [-0.25, -0.2) is 4.68 Å². The van der Waals surface area contributed by atoms with Crippen molar-refractivity contribution in [3.63, 3.8) is 0 Å². The first-order chi connectivity index (χ1) is 14.2. The number of rotatable bonds is 7. The van der Waals surface area contributed by atoms with Gasteiger partial charge >= 0.3 is 0 Å². The SMILES string of the molecule is COc1ccc(-c2cn(-c3ccc(Cl)cc3)nc2OCCN2CCOCC2)cc1. The zero-order chi connectivity index (χ0) is 20.1. The third-order valence-corrected chi connectivity index (χ3v) is 5.17. The van der Waals surface area contributed by atoms with Gasteiger partial charge in [-0.05, 0) is 42.0 Å². The number of halogens is 1. The van der Waals surface area contributed by atoms with Crippen LogP contribution in [-0.4, -0.2) is 61.2 Å². The number of benzene rings is 2. The first-order valence-corrected chi connectivity index (χ1v) is 10.0. The first kappa shape index (κ1) is 19.8. The lowest BCUT2D eigenvalue weighted by molar-refractivity contribution is 0.0320. The van der Waals surface area contributed by atoms with E-state index in [1.165, 1.54) is 0 Å². The molecule has 3 aromatic rings. The van der Waals surface area contributed by atoms with Crippen molar-refractivity contribution in [2.24, 2.45) is 0 Å². The fourth-order valence-electron chi connectivity index (χ4n) is 3.26. The van der Waals surface area contributed by atoms with Gasteiger partial charge in [-0.15, -0.1) is 5.10 Å². The van der Waals surface area contributed by atoms with Crippen LogP contribution in [0.2, 0.25) is 5.02 Å². The average molecular weight is 414 g/mol. The summed E-state index contributed by atoms with van der Waals surface area (Å²) in [6.45, 7) is 4.85. The van der Waals surface area contributed by atoms with Crippen LogP contribution >= 0.6 is 11.6 Å². The monoisotopic (exact) mass is 413 g/mol. The van der Waals surface area contributed by atoms with Crippen LogP contribution in [0.3, 0.4) is 0 Å². The lowest BCUT2D eigenvalue weighted by atomic mass is 10.1. The van der Waals surface area contributed by atoms with Crippen molar-refractivity contribution in [1.29, 1.82) is 0 Å². The molecule has 4 rings (SSSR count). The lowest BCUT2D eigenvalue weighted by Gasteiger charge is -2.26. The number of nitrogens with zero attached hydrogens (tertiary/aromatic N) is 3. The predicted molar refractivity (Wildman–Crippen MR) is 113 cm³/mol. The molecule has 0 N–H and O–H groups in total. The Balaban J connectivity index is 1.57. The number of hydrogen-bond acceptors (Lipinski definition) is 5. The van der Waals surface area contributed by atoms with E-state index >= 15 is 0 Å². The second-order valence-electron chi connectivity index (χ2n) is 6.80. The Morgan fingerprint density at radius 3 is 2.45 bits per heavy atom. The summed E-state index contributed by atoms with van der Waals surface area (Å²) >= 11 is 6.02. The van der Waals surface area contributed by atoms with E-state index in [1.54, 1.807) is 7.11 Å². The van der Waals surface area contributed by atoms with Gasteiger partial charge in [0.15, 0.2) is 0 Å². The van der Waals surface area contributed by atoms with E-state index in [1.807, 2.05) is 59.4 Å². The fourth-order valence-corrected chi connectivity index (χ4v) is 3.38. The van der Waals surface area contributed by atoms with Gasteiger partial charge < -0.3 is 14.2 Å². The number of ether oxygens (including phenoxy) is 3. The Morgan fingerprint density at radius 1 is 1.03 bits per heavy atom. The highest BCUT2D eigenvalue weighted by molar-refractivity contribution is 6.30. The molecule has 0 unspecified atom stereocenters. The second kappa shape index (κ2) is 9.31. The number of aromatic nitrogens is 2. The maximum Gasteiger partial charge on any atom is 0.241 e. The van der Waals surface area contributed by atoms with E-state index in [-0.39, 0.29) is 0 Å². The molecule has 2 aromatic carbocycles. The molecule has 6 nitrogen and oxygen atoms in total. The molecule has 152 valence electrons. The van der Waals surface area contributed by atoms with Crippen LogP contribution in [-0.2, 0) is 4.74 Å². The van der Waals surface area contributed by atoms with E-state index in [0.29, 0.717) is 17.5 Å². The van der Waals surface area contributed by atoms with E-state index in [9.17, 15) is 0 Å². The van der Waals surface area contributed by atoms with E-state index in [4.69, 9.17) is 25.8 Å². The maximum absolute atomic E-state index is 6.11. The van der Waals surface area contributed by atoms with Crippen LogP contribution in [0.15, 0.2) is 54.7 Å². The summed E-state index contributed by atoms with van der Waals surface area (Å²) in [7, 11) is 1.66. The van der Waals surface area contributed by atoms with E-state index < -0.39 is 0 Å². The van der Waals surface area contributed by atoms with Crippen LogP contribution in [0, 0.1) is 0 Å². The Bertz CT molecular complexity index is 919. The smallest absolute Gasteiger partial charge is 0.241 e. The van der Waals surface area contributed by atoms with Crippen LogP contribution in [0.5, 0.6) is 11.6 Å². The first-order valence-electron chi connectivity index (χ1n) is 9.66. The molecule has 0 amide bonds. The van der Waals surface area contributed by atoms with E-state index in [2.05, 4.69) is 10.00 Å². The van der Waals surface area contributed by atoms with Gasteiger partial charge in [0.25, 0.3) is 0 Å². The van der Waals surface area contributed by atoms with Crippen molar-refractivity contribution in [2.45, 2.75) is 0 Å². The number of morpholine rings is 1. The highest BCUT2D eigenvalue weighted by atomic mass is 35.5. The topological polar surface area (TPSA) is 48.8 Å². The van der Waals surface area contributed by atoms with Crippen molar-refractivity contribution in [3.8, 4) is 28.4 Å². The van der Waals surface area contributed by atoms with Crippen molar-refractivity contribution in [2.75, 3.05) is 46.6 Å². The zero-order valence-corrected chi connectivity index (χ0v) is 17.1. The summed E-state index contributed by atoms with van der Waals surface area (Å²) in [4.78, 5) is 2.34. The molecule has 1 aliphatic rings. The summed E-state index contributed by atoms with van der Waals surface area (Å²) in [6, 6.07) is 15.5. The van der Waals surface area contributed by atoms with Crippen molar-refractivity contribution >= 4 is 11.6 Å². The number of hydrogen-bond donors (Lipinski definition) is 0.